The van der Waals surface area contributed by atoms with E-state index in [0.29, 0.717) is 18.6 Å². The Labute approximate surface area is 151 Å². The maximum atomic E-state index is 12.9. The Kier molecular flexibility index (Phi) is 4.24. The predicted molar refractivity (Wildman–Crippen MR) is 102 cm³/mol. The zero-order valence-corrected chi connectivity index (χ0v) is 14.5. The third kappa shape index (κ3) is 3.03. The zero-order chi connectivity index (χ0) is 17.1. The molecule has 2 aromatic carbocycles. The number of ether oxygens (including phenoxy) is 1. The molecule has 25 heavy (non-hydrogen) atoms. The summed E-state index contributed by atoms with van der Waals surface area (Å²) in [6.07, 6.45) is 5.44. The third-order valence-corrected chi connectivity index (χ3v) is 5.47. The van der Waals surface area contributed by atoms with Crippen LogP contribution in [-0.4, -0.2) is 5.97 Å². The van der Waals surface area contributed by atoms with Gasteiger partial charge in [-0.1, -0.05) is 60.7 Å². The monoisotopic (exact) mass is 346 g/mol. The van der Waals surface area contributed by atoms with Crippen molar-refractivity contribution in [1.82, 2.24) is 0 Å². The number of rotatable bonds is 5. The minimum absolute atomic E-state index is 0.159. The molecule has 124 valence electrons. The van der Waals surface area contributed by atoms with Gasteiger partial charge in [0, 0.05) is 10.4 Å². The molecule has 0 aliphatic carbocycles. The van der Waals surface area contributed by atoms with E-state index in [1.165, 1.54) is 4.88 Å². The van der Waals surface area contributed by atoms with Crippen LogP contribution in [0.4, 0.5) is 0 Å². The van der Waals surface area contributed by atoms with Gasteiger partial charge in [0.15, 0.2) is 0 Å². The molecule has 0 fully saturated rings. The largest absolute Gasteiger partial charge is 0.426 e. The fourth-order valence-electron chi connectivity index (χ4n) is 3.40. The van der Waals surface area contributed by atoms with Crippen LogP contribution in [0.3, 0.4) is 0 Å². The number of esters is 1. The highest BCUT2D eigenvalue weighted by atomic mass is 32.1. The van der Waals surface area contributed by atoms with E-state index in [1.54, 1.807) is 11.3 Å². The van der Waals surface area contributed by atoms with Gasteiger partial charge in [-0.3, -0.25) is 4.79 Å². The van der Waals surface area contributed by atoms with Crippen molar-refractivity contribution >= 4 is 23.4 Å². The lowest BCUT2D eigenvalue weighted by atomic mass is 9.74. The van der Waals surface area contributed by atoms with Crippen LogP contribution in [0.2, 0.25) is 0 Å². The van der Waals surface area contributed by atoms with E-state index in [0.717, 1.165) is 11.1 Å². The van der Waals surface area contributed by atoms with E-state index in [2.05, 4.69) is 35.7 Å². The highest BCUT2D eigenvalue weighted by Gasteiger charge is 2.48. The SMILES string of the molecule is O=C1Oc2ccccc2C1(C/C=C/c1cccs1)Cc1ccccc1. The second-order valence-corrected chi connectivity index (χ2v) is 7.23. The van der Waals surface area contributed by atoms with Gasteiger partial charge in [0.25, 0.3) is 0 Å². The lowest BCUT2D eigenvalue weighted by Crippen LogP contribution is -2.35. The molecule has 0 saturated heterocycles. The fourth-order valence-corrected chi connectivity index (χ4v) is 4.04. The highest BCUT2D eigenvalue weighted by molar-refractivity contribution is 7.10. The van der Waals surface area contributed by atoms with Gasteiger partial charge in [0.2, 0.25) is 0 Å². The Bertz CT molecular complexity index is 897. The summed E-state index contributed by atoms with van der Waals surface area (Å²) in [5.74, 6) is 0.529. The second-order valence-electron chi connectivity index (χ2n) is 6.25. The minimum Gasteiger partial charge on any atom is -0.426 e. The molecule has 3 heteroatoms. The number of carbonyl (C=O) groups excluding carboxylic acids is 1. The van der Waals surface area contributed by atoms with Gasteiger partial charge in [0.1, 0.15) is 11.2 Å². The molecule has 1 aliphatic heterocycles. The average Bonchev–Trinajstić information content (AvgIpc) is 3.24. The first-order valence-corrected chi connectivity index (χ1v) is 9.22. The smallest absolute Gasteiger partial charge is 0.322 e. The molecule has 2 heterocycles. The molecule has 1 atom stereocenters. The van der Waals surface area contributed by atoms with Crippen LogP contribution in [0.1, 0.15) is 22.4 Å². The van der Waals surface area contributed by atoms with Crippen molar-refractivity contribution in [2.75, 3.05) is 0 Å². The topological polar surface area (TPSA) is 26.3 Å². The van der Waals surface area contributed by atoms with E-state index in [1.807, 2.05) is 48.5 Å². The van der Waals surface area contributed by atoms with Crippen molar-refractivity contribution < 1.29 is 9.53 Å². The van der Waals surface area contributed by atoms with Crippen molar-refractivity contribution in [3.05, 3.63) is 94.2 Å². The number of carbonyl (C=O) groups is 1. The number of hydrogen-bond acceptors (Lipinski definition) is 3. The Hall–Kier alpha value is -2.65. The van der Waals surface area contributed by atoms with E-state index in [-0.39, 0.29) is 5.97 Å². The third-order valence-electron chi connectivity index (χ3n) is 4.64. The van der Waals surface area contributed by atoms with Gasteiger partial charge in [-0.05, 0) is 42.0 Å². The summed E-state index contributed by atoms with van der Waals surface area (Å²) in [4.78, 5) is 14.1. The molecule has 2 nitrogen and oxygen atoms in total. The Morgan fingerprint density at radius 2 is 1.76 bits per heavy atom. The second kappa shape index (κ2) is 6.69. The average molecular weight is 346 g/mol. The Morgan fingerprint density at radius 3 is 2.56 bits per heavy atom. The van der Waals surface area contributed by atoms with Gasteiger partial charge in [-0.25, -0.2) is 0 Å². The molecule has 0 amide bonds. The number of fused-ring (bicyclic) bond motifs is 1. The molecule has 1 aliphatic rings. The van der Waals surface area contributed by atoms with Crippen molar-refractivity contribution in [3.8, 4) is 5.75 Å². The maximum Gasteiger partial charge on any atom is 0.322 e. The summed E-state index contributed by atoms with van der Waals surface area (Å²) in [5, 5.41) is 2.05. The molecule has 3 aromatic rings. The first-order chi connectivity index (χ1) is 12.3. The van der Waals surface area contributed by atoms with E-state index >= 15 is 0 Å². The zero-order valence-electron chi connectivity index (χ0n) is 13.7. The molecular formula is C22H18O2S. The van der Waals surface area contributed by atoms with E-state index in [4.69, 9.17) is 4.74 Å². The summed E-state index contributed by atoms with van der Waals surface area (Å²) in [6, 6.07) is 22.0. The Morgan fingerprint density at radius 1 is 0.960 bits per heavy atom. The molecule has 1 aromatic heterocycles. The lowest BCUT2D eigenvalue weighted by Gasteiger charge is -2.24. The van der Waals surface area contributed by atoms with Crippen LogP contribution in [-0.2, 0) is 16.6 Å². The van der Waals surface area contributed by atoms with Gasteiger partial charge < -0.3 is 4.74 Å². The number of benzene rings is 2. The molecule has 0 saturated carbocycles. The first kappa shape index (κ1) is 15.9. The Balaban J connectivity index is 1.72. The molecule has 0 bridgehead atoms. The van der Waals surface area contributed by atoms with Crippen LogP contribution in [0.5, 0.6) is 5.75 Å². The first-order valence-electron chi connectivity index (χ1n) is 8.34. The number of allylic oxidation sites excluding steroid dienone is 1. The predicted octanol–water partition coefficient (Wildman–Crippen LogP) is 5.25. The van der Waals surface area contributed by atoms with Crippen LogP contribution in [0, 0.1) is 0 Å². The lowest BCUT2D eigenvalue weighted by molar-refractivity contribution is -0.138. The van der Waals surface area contributed by atoms with E-state index in [9.17, 15) is 4.79 Å². The molecule has 0 N–H and O–H groups in total. The molecular weight excluding hydrogens is 328 g/mol. The number of para-hydroxylation sites is 1. The summed E-state index contributed by atoms with van der Waals surface area (Å²) >= 11 is 1.69. The summed E-state index contributed by atoms with van der Waals surface area (Å²) in [6.45, 7) is 0. The minimum atomic E-state index is -0.661. The molecule has 4 rings (SSSR count). The van der Waals surface area contributed by atoms with Gasteiger partial charge in [0.05, 0.1) is 0 Å². The van der Waals surface area contributed by atoms with Crippen LogP contribution >= 0.6 is 11.3 Å². The number of hydrogen-bond donors (Lipinski definition) is 0. The van der Waals surface area contributed by atoms with Crippen LogP contribution in [0.15, 0.2) is 78.2 Å². The van der Waals surface area contributed by atoms with Crippen LogP contribution < -0.4 is 4.74 Å². The van der Waals surface area contributed by atoms with Crippen molar-refractivity contribution in [2.24, 2.45) is 0 Å². The summed E-state index contributed by atoms with van der Waals surface area (Å²) in [5.41, 5.74) is 1.46. The summed E-state index contributed by atoms with van der Waals surface area (Å²) in [7, 11) is 0. The standard InChI is InChI=1S/C22H18O2S/c23-21-22(16-17-8-2-1-3-9-17,14-6-10-18-11-7-15-25-18)19-12-4-5-13-20(19)24-21/h1-13,15H,14,16H2/b10-6+. The van der Waals surface area contributed by atoms with Crippen molar-refractivity contribution in [3.63, 3.8) is 0 Å². The molecule has 1 unspecified atom stereocenters. The quantitative estimate of drug-likeness (QED) is 0.466. The fraction of sp³-hybridized carbons (Fsp3) is 0.136. The summed E-state index contributed by atoms with van der Waals surface area (Å²) < 4.78 is 5.61. The van der Waals surface area contributed by atoms with Crippen molar-refractivity contribution in [2.45, 2.75) is 18.3 Å². The normalized spacial score (nSPS) is 19.1. The number of thiophene rings is 1. The van der Waals surface area contributed by atoms with E-state index < -0.39 is 5.41 Å². The van der Waals surface area contributed by atoms with Gasteiger partial charge >= 0.3 is 5.97 Å². The molecule has 0 spiro atoms. The molecule has 0 radical (unpaired) electrons. The maximum absolute atomic E-state index is 12.9. The highest BCUT2D eigenvalue weighted by Crippen LogP contribution is 2.44. The van der Waals surface area contributed by atoms with Gasteiger partial charge in [-0.2, -0.15) is 0 Å². The van der Waals surface area contributed by atoms with Gasteiger partial charge in [-0.15, -0.1) is 11.3 Å². The van der Waals surface area contributed by atoms with Crippen LogP contribution in [0.25, 0.3) is 6.08 Å². The van der Waals surface area contributed by atoms with Crippen molar-refractivity contribution in [1.29, 1.82) is 0 Å².